The van der Waals surface area contributed by atoms with Gasteiger partial charge in [0.2, 0.25) is 0 Å². The quantitative estimate of drug-likeness (QED) is 0.429. The van der Waals surface area contributed by atoms with E-state index in [-0.39, 0.29) is 78.6 Å². The van der Waals surface area contributed by atoms with Crippen LogP contribution in [0.2, 0.25) is 0 Å². The summed E-state index contributed by atoms with van der Waals surface area (Å²) in [5.74, 6) is 0. The summed E-state index contributed by atoms with van der Waals surface area (Å²) in [6, 6.07) is 0. The van der Waals surface area contributed by atoms with Crippen molar-refractivity contribution in [1.82, 2.24) is 0 Å². The molecule has 0 aromatic carbocycles. The Morgan fingerprint density at radius 2 is 0.727 bits per heavy atom. The average Bonchev–Trinajstić information content (AvgIpc) is 1.70. The van der Waals surface area contributed by atoms with Crippen molar-refractivity contribution >= 4 is 0 Å². The summed E-state index contributed by atoms with van der Waals surface area (Å²) in [5.41, 5.74) is 0. The zero-order valence-electron chi connectivity index (χ0n) is 7.06. The molecule has 0 amide bonds. The molecule has 0 bridgehead atoms. The number of hydrogen-bond donors (Lipinski definition) is 4. The van der Waals surface area contributed by atoms with Crippen molar-refractivity contribution in [2.75, 3.05) is 20.0 Å². The molecule has 0 aromatic heterocycles. The Morgan fingerprint density at radius 3 is 0.727 bits per heavy atom. The van der Waals surface area contributed by atoms with Crippen LogP contribution in [0.25, 0.3) is 0 Å². The van der Waals surface area contributed by atoms with Crippen LogP contribution in [0.15, 0.2) is 0 Å². The van der Waals surface area contributed by atoms with Crippen LogP contribution in [-0.4, -0.2) is 40.4 Å². The maximum atomic E-state index is 7.57. The number of rotatable bonds is 0. The average molecular weight is 318 g/mol. The predicted molar refractivity (Wildman–Crippen MR) is 34.8 cm³/mol. The Labute approximate surface area is 118 Å². The zero-order valence-corrected chi connectivity index (χ0v) is 12.7. The molecule has 0 spiro atoms. The van der Waals surface area contributed by atoms with Crippen LogP contribution in [0.5, 0.6) is 0 Å². The third-order valence-electron chi connectivity index (χ3n) is 0. The van der Waals surface area contributed by atoms with Gasteiger partial charge in [-0.25, -0.2) is 0 Å². The Bertz CT molecular complexity index is 21.2. The molecule has 0 aliphatic carbocycles. The molecule has 6 heteroatoms. The van der Waals surface area contributed by atoms with E-state index in [1.165, 1.54) is 0 Å². The largest absolute Gasteiger partial charge is 0.397 e. The van der Waals surface area contributed by atoms with Crippen LogP contribution in [-0.2, 0) is 65.4 Å². The summed E-state index contributed by atoms with van der Waals surface area (Å²) >= 11 is 0. The van der Waals surface area contributed by atoms with Gasteiger partial charge in [0.15, 0.2) is 0 Å². The van der Waals surface area contributed by atoms with Crippen molar-refractivity contribution in [2.45, 2.75) is 13.8 Å². The molecular weight excluding hydrogens is 302 g/mol. The molecule has 0 saturated heterocycles. The Balaban J connectivity index is -0.0000000150. The maximum absolute atomic E-state index is 7.57. The van der Waals surface area contributed by atoms with E-state index in [4.69, 9.17) is 20.4 Å². The third kappa shape index (κ3) is 290. The SMILES string of the molecule is CCO.CCO.OCO.[Y].[Y]. The monoisotopic (exact) mass is 318 g/mol. The van der Waals surface area contributed by atoms with E-state index in [2.05, 4.69) is 0 Å². The van der Waals surface area contributed by atoms with Crippen LogP contribution in [0.1, 0.15) is 13.8 Å². The molecule has 0 heterocycles. The minimum Gasteiger partial charge on any atom is -0.397 e. The van der Waals surface area contributed by atoms with Gasteiger partial charge < -0.3 is 20.4 Å². The Kier molecular flexibility index (Phi) is 153. The van der Waals surface area contributed by atoms with Gasteiger partial charge in [-0.3, -0.25) is 0 Å². The fourth-order valence-electron chi connectivity index (χ4n) is 0. The zero-order chi connectivity index (χ0) is 8.12. The molecule has 0 aromatic rings. The normalized spacial score (nSPS) is 4.91. The van der Waals surface area contributed by atoms with Gasteiger partial charge in [0.1, 0.15) is 6.79 Å². The first-order valence-corrected chi connectivity index (χ1v) is 2.68. The fourth-order valence-corrected chi connectivity index (χ4v) is 0. The van der Waals surface area contributed by atoms with E-state index < -0.39 is 6.79 Å². The molecule has 0 atom stereocenters. The third-order valence-corrected chi connectivity index (χ3v) is 0. The Morgan fingerprint density at radius 1 is 0.727 bits per heavy atom. The maximum Gasteiger partial charge on any atom is 0.140 e. The van der Waals surface area contributed by atoms with E-state index in [0.29, 0.717) is 0 Å². The minimum atomic E-state index is -0.750. The van der Waals surface area contributed by atoms with Gasteiger partial charge in [-0.1, -0.05) is 0 Å². The van der Waals surface area contributed by atoms with Gasteiger partial charge >= 0.3 is 0 Å². The van der Waals surface area contributed by atoms with E-state index in [0.717, 1.165) is 0 Å². The van der Waals surface area contributed by atoms with Gasteiger partial charge in [-0.2, -0.15) is 0 Å². The number of hydrogen-bond acceptors (Lipinski definition) is 4. The van der Waals surface area contributed by atoms with Crippen molar-refractivity contribution in [1.29, 1.82) is 0 Å². The van der Waals surface area contributed by atoms with E-state index >= 15 is 0 Å². The second-order valence-corrected chi connectivity index (χ2v) is 0.774. The van der Waals surface area contributed by atoms with E-state index in [1.54, 1.807) is 13.8 Å². The molecular formula is C5H16O4Y2. The fraction of sp³-hybridized carbons (Fsp3) is 1.00. The summed E-state index contributed by atoms with van der Waals surface area (Å²) in [4.78, 5) is 0. The predicted octanol–water partition coefficient (Wildman–Crippen LogP) is -1.08. The number of aliphatic hydroxyl groups excluding tert-OH is 3. The second-order valence-electron chi connectivity index (χ2n) is 0.774. The molecule has 0 rings (SSSR count). The van der Waals surface area contributed by atoms with Crippen molar-refractivity contribution in [3.05, 3.63) is 0 Å². The molecule has 4 nitrogen and oxygen atoms in total. The van der Waals surface area contributed by atoms with Crippen LogP contribution < -0.4 is 0 Å². The molecule has 0 saturated carbocycles. The minimum absolute atomic E-state index is 0. The summed E-state index contributed by atoms with van der Waals surface area (Å²) < 4.78 is 0. The Hall–Kier alpha value is 2.05. The van der Waals surface area contributed by atoms with Gasteiger partial charge in [0.25, 0.3) is 0 Å². The first-order valence-electron chi connectivity index (χ1n) is 2.68. The van der Waals surface area contributed by atoms with Gasteiger partial charge in [-0.15, -0.1) is 0 Å². The molecule has 66 valence electrons. The molecule has 4 N–H and O–H groups in total. The van der Waals surface area contributed by atoms with Crippen molar-refractivity contribution < 1.29 is 85.8 Å². The second kappa shape index (κ2) is 57.7. The van der Waals surface area contributed by atoms with Gasteiger partial charge in [0, 0.05) is 78.6 Å². The smallest absolute Gasteiger partial charge is 0.140 e. The molecule has 0 aliphatic heterocycles. The summed E-state index contributed by atoms with van der Waals surface area (Å²) in [7, 11) is 0. The van der Waals surface area contributed by atoms with Crippen LogP contribution in [0.3, 0.4) is 0 Å². The van der Waals surface area contributed by atoms with Gasteiger partial charge in [0.05, 0.1) is 0 Å². The van der Waals surface area contributed by atoms with E-state index in [1.807, 2.05) is 0 Å². The molecule has 0 fully saturated rings. The van der Waals surface area contributed by atoms with Crippen LogP contribution in [0, 0.1) is 0 Å². The summed E-state index contributed by atoms with van der Waals surface area (Å²) in [5, 5.41) is 29.4. The summed E-state index contributed by atoms with van der Waals surface area (Å²) in [6.45, 7) is 3.11. The first kappa shape index (κ1) is 29.2. The van der Waals surface area contributed by atoms with Gasteiger partial charge in [-0.05, 0) is 13.8 Å². The number of aliphatic hydroxyl groups is 4. The van der Waals surface area contributed by atoms with Crippen molar-refractivity contribution in [3.63, 3.8) is 0 Å². The molecule has 0 aliphatic rings. The first-order chi connectivity index (χ1) is 4.24. The molecule has 11 heavy (non-hydrogen) atoms. The van der Waals surface area contributed by atoms with Crippen LogP contribution >= 0.6 is 0 Å². The topological polar surface area (TPSA) is 80.9 Å². The van der Waals surface area contributed by atoms with Crippen LogP contribution in [0.4, 0.5) is 0 Å². The van der Waals surface area contributed by atoms with Crippen molar-refractivity contribution in [3.8, 4) is 0 Å². The molecule has 0 unspecified atom stereocenters. The summed E-state index contributed by atoms with van der Waals surface area (Å²) in [6.07, 6.45) is 0. The molecule has 2 radical (unpaired) electrons. The standard InChI is InChI=1S/2C2H6O.CH4O2.2Y/c2*1-2-3;2-1-3;;/h2*3H,2H2,1H3;2-3H,1H2;;. The van der Waals surface area contributed by atoms with Crippen molar-refractivity contribution in [2.24, 2.45) is 0 Å². The van der Waals surface area contributed by atoms with E-state index in [9.17, 15) is 0 Å².